The maximum atomic E-state index is 12.5. The first kappa shape index (κ1) is 17.2. The molecule has 2 aromatic carbocycles. The van der Waals surface area contributed by atoms with Gasteiger partial charge in [-0.2, -0.15) is 0 Å². The largest absolute Gasteiger partial charge is 0.508 e. The summed E-state index contributed by atoms with van der Waals surface area (Å²) in [5.41, 5.74) is 7.75. The number of benzene rings is 2. The lowest BCUT2D eigenvalue weighted by Gasteiger charge is -2.09. The number of phenolic OH excluding ortho intramolecular Hbond substituents is 2. The predicted octanol–water partition coefficient (Wildman–Crippen LogP) is 1.88. The average molecular weight is 352 g/mol. The van der Waals surface area contributed by atoms with E-state index in [1.54, 1.807) is 24.3 Å². The fourth-order valence-electron chi connectivity index (χ4n) is 2.34. The Labute approximate surface area is 148 Å². The van der Waals surface area contributed by atoms with Gasteiger partial charge in [0.25, 0.3) is 5.91 Å². The molecule has 3 aromatic rings. The molecule has 8 heteroatoms. The summed E-state index contributed by atoms with van der Waals surface area (Å²) >= 11 is 0. The number of carbonyl (C=O) groups excluding carboxylic acids is 1. The van der Waals surface area contributed by atoms with Crippen LogP contribution < -0.4 is 11.1 Å². The minimum Gasteiger partial charge on any atom is -0.508 e. The first-order chi connectivity index (χ1) is 12.5. The SMILES string of the molecule is Nc1ncc(-c2ccc(CO)cc2)nc1C(=O)Nc1cc(O)cc(O)c1. The van der Waals surface area contributed by atoms with Gasteiger partial charge in [-0.25, -0.2) is 9.97 Å². The van der Waals surface area contributed by atoms with E-state index in [1.807, 2.05) is 0 Å². The summed E-state index contributed by atoms with van der Waals surface area (Å²) < 4.78 is 0. The lowest BCUT2D eigenvalue weighted by molar-refractivity contribution is 0.102. The molecular weight excluding hydrogens is 336 g/mol. The second-order valence-electron chi connectivity index (χ2n) is 5.54. The quantitative estimate of drug-likeness (QED) is 0.482. The molecule has 0 fully saturated rings. The summed E-state index contributed by atoms with van der Waals surface area (Å²) in [4.78, 5) is 20.7. The molecule has 0 saturated carbocycles. The molecule has 0 aliphatic heterocycles. The Morgan fingerprint density at radius 3 is 2.35 bits per heavy atom. The maximum absolute atomic E-state index is 12.5. The molecule has 0 unspecified atom stereocenters. The smallest absolute Gasteiger partial charge is 0.278 e. The molecule has 0 aliphatic carbocycles. The van der Waals surface area contributed by atoms with Gasteiger partial charge in [-0.05, 0) is 5.56 Å². The number of nitrogen functional groups attached to an aromatic ring is 1. The van der Waals surface area contributed by atoms with Crippen molar-refractivity contribution in [1.82, 2.24) is 9.97 Å². The van der Waals surface area contributed by atoms with Crippen LogP contribution in [-0.2, 0) is 6.61 Å². The molecule has 1 aromatic heterocycles. The van der Waals surface area contributed by atoms with Crippen LogP contribution in [0.4, 0.5) is 11.5 Å². The van der Waals surface area contributed by atoms with Gasteiger partial charge in [0.15, 0.2) is 11.5 Å². The molecule has 1 heterocycles. The highest BCUT2D eigenvalue weighted by molar-refractivity contribution is 6.06. The number of aliphatic hydroxyl groups excluding tert-OH is 1. The van der Waals surface area contributed by atoms with Crippen LogP contribution in [-0.4, -0.2) is 31.2 Å². The summed E-state index contributed by atoms with van der Waals surface area (Å²) in [5, 5.41) is 30.6. The number of aromatic nitrogens is 2. The third-order valence-corrected chi connectivity index (χ3v) is 3.61. The van der Waals surface area contributed by atoms with Gasteiger partial charge in [-0.1, -0.05) is 24.3 Å². The Morgan fingerprint density at radius 1 is 1.08 bits per heavy atom. The number of amides is 1. The van der Waals surface area contributed by atoms with Crippen LogP contribution in [0, 0.1) is 0 Å². The number of aliphatic hydroxyl groups is 1. The number of nitrogens with zero attached hydrogens (tertiary/aromatic N) is 2. The van der Waals surface area contributed by atoms with Crippen LogP contribution in [0.5, 0.6) is 11.5 Å². The number of nitrogens with one attached hydrogen (secondary N) is 1. The summed E-state index contributed by atoms with van der Waals surface area (Å²) in [7, 11) is 0. The van der Waals surface area contributed by atoms with Crippen molar-refractivity contribution in [2.24, 2.45) is 0 Å². The Hall–Kier alpha value is -3.65. The van der Waals surface area contributed by atoms with Crippen LogP contribution >= 0.6 is 0 Å². The minimum absolute atomic E-state index is 0.0531. The van der Waals surface area contributed by atoms with Crippen LogP contribution in [0.1, 0.15) is 16.1 Å². The van der Waals surface area contributed by atoms with E-state index < -0.39 is 5.91 Å². The predicted molar refractivity (Wildman–Crippen MR) is 95.5 cm³/mol. The number of phenols is 2. The molecule has 6 N–H and O–H groups in total. The standard InChI is InChI=1S/C18H16N4O4/c19-17-16(18(26)21-12-5-13(24)7-14(25)6-12)22-15(8-20-17)11-3-1-10(9-23)2-4-11/h1-8,23-25H,9H2,(H2,19,20)(H,21,26). The maximum Gasteiger partial charge on any atom is 0.278 e. The second kappa shape index (κ2) is 7.08. The first-order valence-corrected chi connectivity index (χ1v) is 7.63. The van der Waals surface area contributed by atoms with Gasteiger partial charge >= 0.3 is 0 Å². The van der Waals surface area contributed by atoms with Gasteiger partial charge in [0.1, 0.15) is 11.5 Å². The first-order valence-electron chi connectivity index (χ1n) is 7.63. The highest BCUT2D eigenvalue weighted by Crippen LogP contribution is 2.25. The zero-order valence-corrected chi connectivity index (χ0v) is 13.5. The van der Waals surface area contributed by atoms with Gasteiger partial charge in [-0.15, -0.1) is 0 Å². The number of hydrogen-bond acceptors (Lipinski definition) is 7. The summed E-state index contributed by atoms with van der Waals surface area (Å²) in [5.74, 6) is -1.08. The van der Waals surface area contributed by atoms with Crippen molar-refractivity contribution in [2.75, 3.05) is 11.1 Å². The van der Waals surface area contributed by atoms with Crippen molar-refractivity contribution in [3.05, 3.63) is 59.9 Å². The molecule has 26 heavy (non-hydrogen) atoms. The molecule has 132 valence electrons. The van der Waals surface area contributed by atoms with E-state index in [9.17, 15) is 15.0 Å². The molecule has 1 amide bonds. The Morgan fingerprint density at radius 2 is 1.73 bits per heavy atom. The van der Waals surface area contributed by atoms with Crippen molar-refractivity contribution < 1.29 is 20.1 Å². The third kappa shape index (κ3) is 3.70. The second-order valence-corrected chi connectivity index (χ2v) is 5.54. The molecule has 0 aliphatic rings. The van der Waals surface area contributed by atoms with Gasteiger partial charge < -0.3 is 26.4 Å². The van der Waals surface area contributed by atoms with E-state index in [1.165, 1.54) is 18.3 Å². The van der Waals surface area contributed by atoms with Crippen LogP contribution in [0.25, 0.3) is 11.3 Å². The van der Waals surface area contributed by atoms with Gasteiger partial charge in [0.05, 0.1) is 18.5 Å². The molecular formula is C18H16N4O4. The zero-order valence-electron chi connectivity index (χ0n) is 13.5. The van der Waals surface area contributed by atoms with E-state index in [4.69, 9.17) is 10.8 Å². The Kier molecular flexibility index (Phi) is 4.68. The van der Waals surface area contributed by atoms with Crippen molar-refractivity contribution >= 4 is 17.4 Å². The number of aromatic hydroxyl groups is 2. The summed E-state index contributed by atoms with van der Waals surface area (Å²) in [6.07, 6.45) is 1.44. The van der Waals surface area contributed by atoms with Crippen molar-refractivity contribution in [3.63, 3.8) is 0 Å². The summed E-state index contributed by atoms with van der Waals surface area (Å²) in [6.45, 7) is -0.0713. The van der Waals surface area contributed by atoms with Crippen LogP contribution in [0.2, 0.25) is 0 Å². The fourth-order valence-corrected chi connectivity index (χ4v) is 2.34. The molecule has 0 radical (unpaired) electrons. The molecule has 0 atom stereocenters. The normalized spacial score (nSPS) is 10.5. The number of nitrogens with two attached hydrogens (primary N) is 1. The molecule has 8 nitrogen and oxygen atoms in total. The highest BCUT2D eigenvalue weighted by atomic mass is 16.3. The molecule has 0 bridgehead atoms. The lowest BCUT2D eigenvalue weighted by Crippen LogP contribution is -2.17. The zero-order chi connectivity index (χ0) is 18.7. The van der Waals surface area contributed by atoms with E-state index in [0.29, 0.717) is 11.3 Å². The van der Waals surface area contributed by atoms with Gasteiger partial charge in [-0.3, -0.25) is 4.79 Å². The van der Waals surface area contributed by atoms with E-state index in [0.717, 1.165) is 11.6 Å². The third-order valence-electron chi connectivity index (χ3n) is 3.61. The van der Waals surface area contributed by atoms with Crippen molar-refractivity contribution in [1.29, 1.82) is 0 Å². The van der Waals surface area contributed by atoms with Crippen molar-refractivity contribution in [2.45, 2.75) is 6.61 Å². The lowest BCUT2D eigenvalue weighted by atomic mass is 10.1. The molecule has 0 saturated heterocycles. The highest BCUT2D eigenvalue weighted by Gasteiger charge is 2.15. The van der Waals surface area contributed by atoms with E-state index in [-0.39, 0.29) is 35.3 Å². The minimum atomic E-state index is -0.631. The monoisotopic (exact) mass is 352 g/mol. The summed E-state index contributed by atoms with van der Waals surface area (Å²) in [6, 6.07) is 10.7. The van der Waals surface area contributed by atoms with Gasteiger partial charge in [0, 0.05) is 29.4 Å². The van der Waals surface area contributed by atoms with Crippen molar-refractivity contribution in [3.8, 4) is 22.8 Å². The Balaban J connectivity index is 1.90. The Bertz CT molecular complexity index is 938. The van der Waals surface area contributed by atoms with Crippen LogP contribution in [0.15, 0.2) is 48.7 Å². The number of carbonyl (C=O) groups is 1. The number of rotatable bonds is 4. The average Bonchev–Trinajstić information content (AvgIpc) is 2.61. The molecule has 3 rings (SSSR count). The number of anilines is 2. The topological polar surface area (TPSA) is 142 Å². The molecule has 0 spiro atoms. The fraction of sp³-hybridized carbons (Fsp3) is 0.0556. The van der Waals surface area contributed by atoms with Gasteiger partial charge in [0.2, 0.25) is 0 Å². The number of hydrogen-bond donors (Lipinski definition) is 5. The van der Waals surface area contributed by atoms with E-state index >= 15 is 0 Å². The van der Waals surface area contributed by atoms with E-state index in [2.05, 4.69) is 15.3 Å². The van der Waals surface area contributed by atoms with Crippen LogP contribution in [0.3, 0.4) is 0 Å².